The van der Waals surface area contributed by atoms with Crippen molar-refractivity contribution in [2.24, 2.45) is 0 Å². The molecule has 0 radical (unpaired) electrons. The number of aromatic nitrogens is 1. The highest BCUT2D eigenvalue weighted by Crippen LogP contribution is 2.15. The van der Waals surface area contributed by atoms with Crippen LogP contribution in [0, 0.1) is 0 Å². The molecule has 3 nitrogen and oxygen atoms in total. The van der Waals surface area contributed by atoms with Gasteiger partial charge in [0.2, 0.25) is 0 Å². The van der Waals surface area contributed by atoms with Crippen molar-refractivity contribution >= 4 is 10.9 Å². The predicted molar refractivity (Wildman–Crippen MR) is 73.6 cm³/mol. The van der Waals surface area contributed by atoms with Crippen LogP contribution >= 0.6 is 0 Å². The molecule has 2 N–H and O–H groups in total. The Morgan fingerprint density at radius 3 is 3.17 bits per heavy atom. The highest BCUT2D eigenvalue weighted by Gasteiger charge is 2.12. The number of hydrogen-bond acceptors (Lipinski definition) is 2. The lowest BCUT2D eigenvalue weighted by Gasteiger charge is -2.22. The summed E-state index contributed by atoms with van der Waals surface area (Å²) in [4.78, 5) is 3.21. The Hall–Kier alpha value is -1.32. The largest absolute Gasteiger partial charge is 0.377 e. The van der Waals surface area contributed by atoms with Gasteiger partial charge in [-0.15, -0.1) is 0 Å². The standard InChI is InChI=1S/C15H20N2O/c1-2-8-18-14(3-1)11-16-10-12-4-5-15-13(9-12)6-7-17-15/h4-7,9,14,16-17H,1-3,8,10-11H2. The van der Waals surface area contributed by atoms with Crippen LogP contribution in [0.3, 0.4) is 0 Å². The highest BCUT2D eigenvalue weighted by atomic mass is 16.5. The zero-order chi connectivity index (χ0) is 12.2. The molecule has 2 aromatic rings. The Labute approximate surface area is 108 Å². The van der Waals surface area contributed by atoms with Crippen LogP contribution in [0.25, 0.3) is 10.9 Å². The van der Waals surface area contributed by atoms with Crippen LogP contribution in [0.5, 0.6) is 0 Å². The van der Waals surface area contributed by atoms with E-state index in [1.54, 1.807) is 0 Å². The third kappa shape index (κ3) is 2.74. The molecule has 0 amide bonds. The van der Waals surface area contributed by atoms with Crippen molar-refractivity contribution in [1.29, 1.82) is 0 Å². The van der Waals surface area contributed by atoms with E-state index < -0.39 is 0 Å². The van der Waals surface area contributed by atoms with Crippen LogP contribution < -0.4 is 5.32 Å². The van der Waals surface area contributed by atoms with Crippen molar-refractivity contribution in [3.8, 4) is 0 Å². The number of fused-ring (bicyclic) bond motifs is 1. The fourth-order valence-electron chi connectivity index (χ4n) is 2.56. The van der Waals surface area contributed by atoms with Gasteiger partial charge < -0.3 is 15.0 Å². The summed E-state index contributed by atoms with van der Waals surface area (Å²) < 4.78 is 5.71. The summed E-state index contributed by atoms with van der Waals surface area (Å²) in [5, 5.41) is 4.77. The number of benzene rings is 1. The van der Waals surface area contributed by atoms with Gasteiger partial charge in [-0.2, -0.15) is 0 Å². The van der Waals surface area contributed by atoms with Gasteiger partial charge in [-0.1, -0.05) is 6.07 Å². The fraction of sp³-hybridized carbons (Fsp3) is 0.467. The smallest absolute Gasteiger partial charge is 0.0699 e. The van der Waals surface area contributed by atoms with E-state index in [9.17, 15) is 0 Å². The molecule has 0 aliphatic carbocycles. The fourth-order valence-corrected chi connectivity index (χ4v) is 2.56. The van der Waals surface area contributed by atoms with Crippen molar-refractivity contribution in [2.45, 2.75) is 31.9 Å². The van der Waals surface area contributed by atoms with Gasteiger partial charge in [-0.05, 0) is 48.4 Å². The first-order valence-corrected chi connectivity index (χ1v) is 6.80. The summed E-state index contributed by atoms with van der Waals surface area (Å²) in [7, 11) is 0. The minimum absolute atomic E-state index is 0.412. The van der Waals surface area contributed by atoms with Crippen LogP contribution in [0.1, 0.15) is 24.8 Å². The lowest BCUT2D eigenvalue weighted by Crippen LogP contribution is -2.31. The van der Waals surface area contributed by atoms with Gasteiger partial charge in [-0.3, -0.25) is 0 Å². The average Bonchev–Trinajstić information content (AvgIpc) is 2.87. The van der Waals surface area contributed by atoms with E-state index in [0.717, 1.165) is 19.7 Å². The Bertz CT molecular complexity index is 500. The quantitative estimate of drug-likeness (QED) is 0.867. The maximum Gasteiger partial charge on any atom is 0.0699 e. The topological polar surface area (TPSA) is 37.0 Å². The summed E-state index contributed by atoms with van der Waals surface area (Å²) in [6.07, 6.45) is 6.12. The summed E-state index contributed by atoms with van der Waals surface area (Å²) in [6.45, 7) is 2.81. The highest BCUT2D eigenvalue weighted by molar-refractivity contribution is 5.79. The number of aromatic amines is 1. The number of ether oxygens (including phenoxy) is 1. The first kappa shape index (κ1) is 11.8. The molecule has 0 spiro atoms. The minimum atomic E-state index is 0.412. The van der Waals surface area contributed by atoms with Crippen molar-refractivity contribution in [3.05, 3.63) is 36.0 Å². The van der Waals surface area contributed by atoms with E-state index in [2.05, 4.69) is 34.6 Å². The van der Waals surface area contributed by atoms with Crippen LogP contribution in [0.2, 0.25) is 0 Å². The minimum Gasteiger partial charge on any atom is -0.377 e. The summed E-state index contributed by atoms with van der Waals surface area (Å²) in [5.41, 5.74) is 2.53. The molecule has 1 aromatic heterocycles. The summed E-state index contributed by atoms with van der Waals surface area (Å²) >= 11 is 0. The molecule has 0 saturated carbocycles. The van der Waals surface area contributed by atoms with Gasteiger partial charge in [0.15, 0.2) is 0 Å². The van der Waals surface area contributed by atoms with Crippen molar-refractivity contribution in [1.82, 2.24) is 10.3 Å². The molecular weight excluding hydrogens is 224 g/mol. The SMILES string of the molecule is c1cc2cc(CNCC3CCCCO3)ccc2[nH]1. The van der Waals surface area contributed by atoms with Gasteiger partial charge in [0.05, 0.1) is 6.10 Å². The van der Waals surface area contributed by atoms with E-state index in [1.807, 2.05) is 6.20 Å². The summed E-state index contributed by atoms with van der Waals surface area (Å²) in [6, 6.07) is 8.67. The second-order valence-corrected chi connectivity index (χ2v) is 5.02. The monoisotopic (exact) mass is 244 g/mol. The van der Waals surface area contributed by atoms with Crippen molar-refractivity contribution in [3.63, 3.8) is 0 Å². The van der Waals surface area contributed by atoms with E-state index in [-0.39, 0.29) is 0 Å². The second-order valence-electron chi connectivity index (χ2n) is 5.02. The van der Waals surface area contributed by atoms with Crippen LogP contribution in [-0.2, 0) is 11.3 Å². The van der Waals surface area contributed by atoms with Crippen LogP contribution in [0.15, 0.2) is 30.5 Å². The first-order chi connectivity index (χ1) is 8.92. The first-order valence-electron chi connectivity index (χ1n) is 6.80. The lowest BCUT2D eigenvalue weighted by molar-refractivity contribution is 0.0168. The molecule has 96 valence electrons. The van der Waals surface area contributed by atoms with E-state index >= 15 is 0 Å². The third-order valence-corrected chi connectivity index (χ3v) is 3.59. The molecular formula is C15H20N2O. The number of hydrogen-bond donors (Lipinski definition) is 2. The Kier molecular flexibility index (Phi) is 3.62. The molecule has 3 heteroatoms. The van der Waals surface area contributed by atoms with Gasteiger partial charge in [-0.25, -0.2) is 0 Å². The zero-order valence-corrected chi connectivity index (χ0v) is 10.6. The van der Waals surface area contributed by atoms with Crippen LogP contribution in [-0.4, -0.2) is 24.2 Å². The maximum absolute atomic E-state index is 5.71. The Balaban J connectivity index is 1.52. The molecule has 1 aliphatic heterocycles. The van der Waals surface area contributed by atoms with Gasteiger partial charge in [0.25, 0.3) is 0 Å². The molecule has 1 aromatic carbocycles. The van der Waals surface area contributed by atoms with Crippen molar-refractivity contribution in [2.75, 3.05) is 13.2 Å². The predicted octanol–water partition coefficient (Wildman–Crippen LogP) is 2.83. The molecule has 1 unspecified atom stereocenters. The van der Waals surface area contributed by atoms with E-state index in [0.29, 0.717) is 6.10 Å². The maximum atomic E-state index is 5.71. The van der Waals surface area contributed by atoms with Gasteiger partial charge >= 0.3 is 0 Å². The molecule has 1 fully saturated rings. The van der Waals surface area contributed by atoms with E-state index in [1.165, 1.54) is 35.7 Å². The molecule has 1 aliphatic rings. The number of rotatable bonds is 4. The lowest BCUT2D eigenvalue weighted by atomic mass is 10.1. The normalized spacial score (nSPS) is 20.3. The van der Waals surface area contributed by atoms with Crippen LogP contribution in [0.4, 0.5) is 0 Å². The number of H-pyrrole nitrogens is 1. The Morgan fingerprint density at radius 1 is 1.28 bits per heavy atom. The summed E-state index contributed by atoms with van der Waals surface area (Å²) in [5.74, 6) is 0. The van der Waals surface area contributed by atoms with Gasteiger partial charge in [0.1, 0.15) is 0 Å². The average molecular weight is 244 g/mol. The zero-order valence-electron chi connectivity index (χ0n) is 10.6. The van der Waals surface area contributed by atoms with E-state index in [4.69, 9.17) is 4.74 Å². The Morgan fingerprint density at radius 2 is 2.28 bits per heavy atom. The molecule has 1 saturated heterocycles. The van der Waals surface area contributed by atoms with Gasteiger partial charge in [0, 0.05) is 31.4 Å². The molecule has 0 bridgehead atoms. The molecule has 1 atom stereocenters. The molecule has 2 heterocycles. The second kappa shape index (κ2) is 5.55. The molecule has 18 heavy (non-hydrogen) atoms. The van der Waals surface area contributed by atoms with Crippen molar-refractivity contribution < 1.29 is 4.74 Å². The third-order valence-electron chi connectivity index (χ3n) is 3.59. The number of nitrogens with one attached hydrogen (secondary N) is 2. The molecule has 3 rings (SSSR count).